The van der Waals surface area contributed by atoms with Gasteiger partial charge < -0.3 is 29.0 Å². The number of rotatable bonds is 4. The summed E-state index contributed by atoms with van der Waals surface area (Å²) >= 11 is 0. The molecule has 2 rings (SSSR count). The number of hydrogen-bond donors (Lipinski definition) is 1. The van der Waals surface area contributed by atoms with Crippen LogP contribution in [0.5, 0.6) is 0 Å². The molecular formula is C14H23NO7. The summed E-state index contributed by atoms with van der Waals surface area (Å²) in [5.41, 5.74) is 0. The fourth-order valence-electron chi connectivity index (χ4n) is 2.77. The molecule has 0 spiro atoms. The predicted octanol–water partition coefficient (Wildman–Crippen LogP) is -0.0544. The molecule has 0 aromatic rings. The second-order valence-electron chi connectivity index (χ2n) is 5.87. The zero-order chi connectivity index (χ0) is 16.5. The van der Waals surface area contributed by atoms with Gasteiger partial charge in [-0.15, -0.1) is 0 Å². The molecule has 2 aliphatic rings. The van der Waals surface area contributed by atoms with Gasteiger partial charge in [0.1, 0.15) is 18.2 Å². The second kappa shape index (κ2) is 6.49. The van der Waals surface area contributed by atoms with E-state index in [9.17, 15) is 9.59 Å². The van der Waals surface area contributed by atoms with Gasteiger partial charge in [0, 0.05) is 21.0 Å². The van der Waals surface area contributed by atoms with Crippen molar-refractivity contribution in [1.82, 2.24) is 5.32 Å². The number of nitrogens with one attached hydrogen (secondary N) is 1. The van der Waals surface area contributed by atoms with Crippen molar-refractivity contribution in [2.75, 3.05) is 13.7 Å². The third-order valence-electron chi connectivity index (χ3n) is 3.56. The highest BCUT2D eigenvalue weighted by Gasteiger charge is 2.53. The first-order valence-corrected chi connectivity index (χ1v) is 7.18. The molecule has 0 bridgehead atoms. The summed E-state index contributed by atoms with van der Waals surface area (Å²) in [6.07, 6.45) is -2.46. The smallest absolute Gasteiger partial charge is 0.303 e. The molecule has 8 heteroatoms. The summed E-state index contributed by atoms with van der Waals surface area (Å²) in [6, 6.07) is -0.608. The molecule has 22 heavy (non-hydrogen) atoms. The molecule has 0 aromatic carbocycles. The highest BCUT2D eigenvalue weighted by molar-refractivity contribution is 5.73. The maximum absolute atomic E-state index is 11.4. The first-order chi connectivity index (χ1) is 10.2. The van der Waals surface area contributed by atoms with Crippen LogP contribution >= 0.6 is 0 Å². The first kappa shape index (κ1) is 17.1. The number of carbonyl (C=O) groups excluding carboxylic acids is 2. The van der Waals surface area contributed by atoms with Gasteiger partial charge in [0.15, 0.2) is 18.2 Å². The molecule has 2 saturated heterocycles. The van der Waals surface area contributed by atoms with E-state index in [0.29, 0.717) is 6.61 Å². The number of ether oxygens (including phenoxy) is 5. The van der Waals surface area contributed by atoms with Crippen LogP contribution in [0, 0.1) is 0 Å². The molecule has 1 N–H and O–H groups in total. The molecule has 0 unspecified atom stereocenters. The molecule has 1 amide bonds. The standard InChI is InChI=1S/C14H23NO7/c1-7(16)15-10-12(20-8(2)17)11(21-13(10)18-5)9-6-19-14(3,4)22-9/h9-13H,6H2,1-5H3,(H,15,16)/t9-,10-,11-,12-,13-/m1/s1. The zero-order valence-corrected chi connectivity index (χ0v) is 13.5. The van der Waals surface area contributed by atoms with E-state index in [-0.39, 0.29) is 5.91 Å². The molecule has 0 radical (unpaired) electrons. The lowest BCUT2D eigenvalue weighted by atomic mass is 10.0. The highest BCUT2D eigenvalue weighted by atomic mass is 16.8. The van der Waals surface area contributed by atoms with E-state index in [0.717, 1.165) is 0 Å². The van der Waals surface area contributed by atoms with Gasteiger partial charge in [-0.05, 0) is 13.8 Å². The summed E-state index contributed by atoms with van der Waals surface area (Å²) in [4.78, 5) is 22.8. The van der Waals surface area contributed by atoms with Crippen molar-refractivity contribution < 1.29 is 33.3 Å². The van der Waals surface area contributed by atoms with Gasteiger partial charge in [-0.25, -0.2) is 0 Å². The number of hydrogen-bond acceptors (Lipinski definition) is 7. The molecule has 2 heterocycles. The summed E-state index contributed by atoms with van der Waals surface area (Å²) in [5.74, 6) is -1.47. The monoisotopic (exact) mass is 317 g/mol. The van der Waals surface area contributed by atoms with Crippen LogP contribution in [0.25, 0.3) is 0 Å². The number of carbonyl (C=O) groups is 2. The van der Waals surface area contributed by atoms with Crippen LogP contribution in [0.15, 0.2) is 0 Å². The van der Waals surface area contributed by atoms with E-state index < -0.39 is 42.4 Å². The Morgan fingerprint density at radius 1 is 1.27 bits per heavy atom. The Bertz CT molecular complexity index is 439. The van der Waals surface area contributed by atoms with Gasteiger partial charge >= 0.3 is 5.97 Å². The SMILES string of the molecule is CO[C@@H]1O[C@H]([C@H]2COC(C)(C)O2)[C@H](OC(C)=O)[C@H]1NC(C)=O. The van der Waals surface area contributed by atoms with Gasteiger partial charge in [-0.3, -0.25) is 9.59 Å². The van der Waals surface area contributed by atoms with Gasteiger partial charge in [0.05, 0.1) is 6.61 Å². The van der Waals surface area contributed by atoms with E-state index in [2.05, 4.69) is 5.32 Å². The van der Waals surface area contributed by atoms with Crippen molar-refractivity contribution in [2.24, 2.45) is 0 Å². The molecule has 0 aromatic heterocycles. The van der Waals surface area contributed by atoms with Crippen molar-refractivity contribution >= 4 is 11.9 Å². The van der Waals surface area contributed by atoms with Crippen LogP contribution in [0.3, 0.4) is 0 Å². The van der Waals surface area contributed by atoms with E-state index in [4.69, 9.17) is 23.7 Å². The van der Waals surface area contributed by atoms with Crippen LogP contribution in [-0.4, -0.2) is 62.0 Å². The van der Waals surface area contributed by atoms with E-state index in [1.807, 2.05) is 0 Å². The Labute approximate surface area is 129 Å². The summed E-state index contributed by atoms with van der Waals surface area (Å²) in [6.45, 7) is 6.57. The largest absolute Gasteiger partial charge is 0.457 e. The highest BCUT2D eigenvalue weighted by Crippen LogP contribution is 2.33. The van der Waals surface area contributed by atoms with Crippen LogP contribution in [0.4, 0.5) is 0 Å². The molecule has 2 fully saturated rings. The van der Waals surface area contributed by atoms with Crippen LogP contribution in [0.1, 0.15) is 27.7 Å². The van der Waals surface area contributed by atoms with Crippen LogP contribution in [-0.2, 0) is 33.3 Å². The van der Waals surface area contributed by atoms with Gasteiger partial charge in [0.25, 0.3) is 0 Å². The van der Waals surface area contributed by atoms with Crippen molar-refractivity contribution in [3.63, 3.8) is 0 Å². The van der Waals surface area contributed by atoms with Crippen molar-refractivity contribution in [3.05, 3.63) is 0 Å². The van der Waals surface area contributed by atoms with Crippen molar-refractivity contribution in [3.8, 4) is 0 Å². The third kappa shape index (κ3) is 3.75. The number of amides is 1. The molecule has 5 atom stereocenters. The minimum atomic E-state index is -0.733. The molecule has 8 nitrogen and oxygen atoms in total. The minimum absolute atomic E-state index is 0.266. The van der Waals surface area contributed by atoms with Crippen LogP contribution < -0.4 is 5.32 Å². The first-order valence-electron chi connectivity index (χ1n) is 7.18. The quantitative estimate of drug-likeness (QED) is 0.726. The predicted molar refractivity (Wildman–Crippen MR) is 73.7 cm³/mol. The van der Waals surface area contributed by atoms with Gasteiger partial charge in [0.2, 0.25) is 5.91 Å². The van der Waals surface area contributed by atoms with E-state index in [1.54, 1.807) is 13.8 Å². The topological polar surface area (TPSA) is 92.3 Å². The third-order valence-corrected chi connectivity index (χ3v) is 3.56. The minimum Gasteiger partial charge on any atom is -0.457 e. The Kier molecular flexibility index (Phi) is 5.06. The normalized spacial score (nSPS) is 37.0. The summed E-state index contributed by atoms with van der Waals surface area (Å²) < 4.78 is 27.7. The molecule has 0 aliphatic carbocycles. The Morgan fingerprint density at radius 3 is 2.41 bits per heavy atom. The summed E-state index contributed by atoms with van der Waals surface area (Å²) in [5, 5.41) is 2.71. The summed E-state index contributed by atoms with van der Waals surface area (Å²) in [7, 11) is 1.46. The second-order valence-corrected chi connectivity index (χ2v) is 5.87. The van der Waals surface area contributed by atoms with Gasteiger partial charge in [-0.2, -0.15) is 0 Å². The lowest BCUT2D eigenvalue weighted by Gasteiger charge is -2.26. The lowest BCUT2D eigenvalue weighted by molar-refractivity contribution is -0.184. The molecule has 126 valence electrons. The maximum Gasteiger partial charge on any atom is 0.303 e. The van der Waals surface area contributed by atoms with Gasteiger partial charge in [-0.1, -0.05) is 0 Å². The lowest BCUT2D eigenvalue weighted by Crippen LogP contribution is -2.51. The molecule has 0 saturated carbocycles. The van der Waals surface area contributed by atoms with E-state index >= 15 is 0 Å². The fraction of sp³-hybridized carbons (Fsp3) is 0.857. The fourth-order valence-corrected chi connectivity index (χ4v) is 2.77. The van der Waals surface area contributed by atoms with E-state index in [1.165, 1.54) is 21.0 Å². The Morgan fingerprint density at radius 2 is 1.95 bits per heavy atom. The van der Waals surface area contributed by atoms with Crippen LogP contribution in [0.2, 0.25) is 0 Å². The zero-order valence-electron chi connectivity index (χ0n) is 13.5. The molecular weight excluding hydrogens is 294 g/mol. The number of esters is 1. The van der Waals surface area contributed by atoms with Crippen molar-refractivity contribution in [1.29, 1.82) is 0 Å². The maximum atomic E-state index is 11.4. The molecule has 2 aliphatic heterocycles. The average Bonchev–Trinajstić information content (AvgIpc) is 2.90. The van der Waals surface area contributed by atoms with Crippen molar-refractivity contribution in [2.45, 2.75) is 64.1 Å². The number of methoxy groups -OCH3 is 1. The average molecular weight is 317 g/mol. The Balaban J connectivity index is 2.19. The Hall–Kier alpha value is -1.22.